The van der Waals surface area contributed by atoms with Gasteiger partial charge < -0.3 is 10.1 Å². The fourth-order valence-electron chi connectivity index (χ4n) is 5.17. The van der Waals surface area contributed by atoms with Gasteiger partial charge in [0.2, 0.25) is 0 Å². The van der Waals surface area contributed by atoms with Gasteiger partial charge in [-0.05, 0) is 98.6 Å². The molecule has 2 heteroatoms. The number of hydrogen-bond acceptors (Lipinski definition) is 2. The number of nitrogens with one attached hydrogen (secondary N) is 1. The molecule has 1 N–H and O–H groups in total. The van der Waals surface area contributed by atoms with Crippen LogP contribution in [0.25, 0.3) is 0 Å². The van der Waals surface area contributed by atoms with E-state index in [2.05, 4.69) is 54.8 Å². The van der Waals surface area contributed by atoms with Crippen molar-refractivity contribution in [2.24, 2.45) is 5.92 Å². The van der Waals surface area contributed by atoms with Crippen molar-refractivity contribution in [2.75, 3.05) is 14.2 Å². The Labute approximate surface area is 164 Å². The van der Waals surface area contributed by atoms with Crippen molar-refractivity contribution < 1.29 is 4.74 Å². The molecule has 144 valence electrons. The summed E-state index contributed by atoms with van der Waals surface area (Å²) in [6.07, 6.45) is 10.2. The van der Waals surface area contributed by atoms with Crippen molar-refractivity contribution in [3.05, 3.63) is 64.7 Å². The summed E-state index contributed by atoms with van der Waals surface area (Å²) in [5.41, 5.74) is 6.15. The van der Waals surface area contributed by atoms with Crippen LogP contribution in [0.1, 0.15) is 60.3 Å². The van der Waals surface area contributed by atoms with Crippen LogP contribution in [0.2, 0.25) is 0 Å². The molecule has 0 spiro atoms. The third-order valence-corrected chi connectivity index (χ3v) is 6.89. The third-order valence-electron chi connectivity index (χ3n) is 6.89. The first-order valence-corrected chi connectivity index (χ1v) is 10.7. The normalized spacial score (nSPS) is 24.6. The Morgan fingerprint density at radius 1 is 1.04 bits per heavy atom. The van der Waals surface area contributed by atoms with Crippen molar-refractivity contribution in [1.82, 2.24) is 5.32 Å². The highest BCUT2D eigenvalue weighted by atomic mass is 16.5. The molecule has 2 aliphatic carbocycles. The summed E-state index contributed by atoms with van der Waals surface area (Å²) in [5, 5.41) is 3.46. The summed E-state index contributed by atoms with van der Waals surface area (Å²) < 4.78 is 5.51. The zero-order valence-corrected chi connectivity index (χ0v) is 16.8. The average molecular weight is 364 g/mol. The zero-order valence-electron chi connectivity index (χ0n) is 16.8. The van der Waals surface area contributed by atoms with Gasteiger partial charge in [-0.2, -0.15) is 0 Å². The number of ether oxygens (including phenoxy) is 1. The Bertz CT molecular complexity index is 769. The summed E-state index contributed by atoms with van der Waals surface area (Å²) in [6, 6.07) is 16.6. The lowest BCUT2D eigenvalue weighted by Gasteiger charge is -2.26. The summed E-state index contributed by atoms with van der Waals surface area (Å²) in [7, 11) is 3.88. The molecule has 0 saturated heterocycles. The van der Waals surface area contributed by atoms with Gasteiger partial charge in [-0.15, -0.1) is 0 Å². The van der Waals surface area contributed by atoms with Crippen LogP contribution < -0.4 is 10.1 Å². The van der Waals surface area contributed by atoms with Crippen LogP contribution in [-0.2, 0) is 19.3 Å². The number of aryl methyl sites for hydroxylation is 2. The maximum absolute atomic E-state index is 5.51. The molecule has 2 aromatic carbocycles. The maximum atomic E-state index is 5.51. The summed E-state index contributed by atoms with van der Waals surface area (Å²) in [6.45, 7) is 0. The van der Waals surface area contributed by atoms with E-state index in [1.54, 1.807) is 23.8 Å². The largest absolute Gasteiger partial charge is 0.496 e. The molecule has 1 fully saturated rings. The van der Waals surface area contributed by atoms with Gasteiger partial charge in [0.15, 0.2) is 0 Å². The van der Waals surface area contributed by atoms with Crippen molar-refractivity contribution in [3.63, 3.8) is 0 Å². The van der Waals surface area contributed by atoms with Gasteiger partial charge in [0.05, 0.1) is 7.11 Å². The fraction of sp³-hybridized carbons (Fsp3) is 0.520. The van der Waals surface area contributed by atoms with Gasteiger partial charge in [-0.25, -0.2) is 0 Å². The molecule has 1 saturated carbocycles. The lowest BCUT2D eigenvalue weighted by Crippen LogP contribution is -2.21. The molecular formula is C25H33NO. The van der Waals surface area contributed by atoms with E-state index < -0.39 is 0 Å². The summed E-state index contributed by atoms with van der Waals surface area (Å²) in [4.78, 5) is 0. The molecule has 2 aromatic rings. The number of fused-ring (bicyclic) bond motifs is 1. The molecule has 27 heavy (non-hydrogen) atoms. The van der Waals surface area contributed by atoms with Crippen LogP contribution in [0, 0.1) is 5.92 Å². The minimum absolute atomic E-state index is 0.713. The van der Waals surface area contributed by atoms with E-state index in [9.17, 15) is 0 Å². The molecule has 0 heterocycles. The van der Waals surface area contributed by atoms with Gasteiger partial charge in [0.1, 0.15) is 5.75 Å². The summed E-state index contributed by atoms with van der Waals surface area (Å²) in [5.74, 6) is 2.60. The highest BCUT2D eigenvalue weighted by Gasteiger charge is 2.26. The number of rotatable bonds is 6. The standard InChI is InChI=1S/C25H33NO/c1-26-24-14-13-23(17-24)22-12-11-20-15-18(8-10-21(20)16-22)7-9-19-5-3-4-6-25(19)27-2/h3-6,11-12,16,18,23-24,26H,7-10,13-15,17H2,1-2H3/t18?,23-,24?/m1/s1. The maximum Gasteiger partial charge on any atom is 0.122 e. The highest BCUT2D eigenvalue weighted by molar-refractivity contribution is 5.37. The van der Waals surface area contributed by atoms with Gasteiger partial charge >= 0.3 is 0 Å². The quantitative estimate of drug-likeness (QED) is 0.753. The molecule has 0 amide bonds. The molecule has 2 nitrogen and oxygen atoms in total. The first-order chi connectivity index (χ1) is 13.3. The van der Waals surface area contributed by atoms with Gasteiger partial charge in [-0.3, -0.25) is 0 Å². The van der Waals surface area contributed by atoms with E-state index in [4.69, 9.17) is 4.74 Å². The minimum atomic E-state index is 0.713. The highest BCUT2D eigenvalue weighted by Crippen LogP contribution is 2.37. The topological polar surface area (TPSA) is 21.3 Å². The molecule has 0 aliphatic heterocycles. The van der Waals surface area contributed by atoms with Gasteiger partial charge in [0, 0.05) is 6.04 Å². The fourth-order valence-corrected chi connectivity index (χ4v) is 5.17. The molecule has 0 radical (unpaired) electrons. The van der Waals surface area contributed by atoms with Crippen LogP contribution >= 0.6 is 0 Å². The predicted molar refractivity (Wildman–Crippen MR) is 113 cm³/mol. The zero-order chi connectivity index (χ0) is 18.6. The monoisotopic (exact) mass is 363 g/mol. The van der Waals surface area contributed by atoms with Crippen molar-refractivity contribution in [2.45, 2.75) is 63.3 Å². The second kappa shape index (κ2) is 8.48. The van der Waals surface area contributed by atoms with E-state index in [0.717, 1.165) is 24.0 Å². The first kappa shape index (κ1) is 18.6. The van der Waals surface area contributed by atoms with Crippen LogP contribution in [0.3, 0.4) is 0 Å². The second-order valence-electron chi connectivity index (χ2n) is 8.48. The van der Waals surface area contributed by atoms with Crippen LogP contribution in [0.15, 0.2) is 42.5 Å². The van der Waals surface area contributed by atoms with Crippen LogP contribution in [0.5, 0.6) is 5.75 Å². The molecule has 3 atom stereocenters. The lowest BCUT2D eigenvalue weighted by molar-refractivity contribution is 0.398. The van der Waals surface area contributed by atoms with Gasteiger partial charge in [0.25, 0.3) is 0 Å². The SMILES string of the molecule is CNC1CC[C@@H](c2ccc3c(c2)CCC(CCc2ccccc2OC)C3)C1. The Morgan fingerprint density at radius 2 is 1.93 bits per heavy atom. The van der Waals surface area contributed by atoms with Crippen molar-refractivity contribution in [1.29, 1.82) is 0 Å². The van der Waals surface area contributed by atoms with E-state index >= 15 is 0 Å². The van der Waals surface area contributed by atoms with E-state index in [1.807, 2.05) is 0 Å². The van der Waals surface area contributed by atoms with E-state index in [0.29, 0.717) is 6.04 Å². The molecule has 0 aromatic heterocycles. The lowest BCUT2D eigenvalue weighted by atomic mass is 9.79. The van der Waals surface area contributed by atoms with Crippen molar-refractivity contribution in [3.8, 4) is 5.75 Å². The molecule has 0 bridgehead atoms. The molecule has 4 rings (SSSR count). The number of benzene rings is 2. The Balaban J connectivity index is 1.37. The van der Waals surface area contributed by atoms with Gasteiger partial charge in [-0.1, -0.05) is 36.4 Å². The Morgan fingerprint density at radius 3 is 2.74 bits per heavy atom. The predicted octanol–water partition coefficient (Wildman–Crippen LogP) is 5.29. The molecule has 2 unspecified atom stereocenters. The summed E-state index contributed by atoms with van der Waals surface area (Å²) >= 11 is 0. The average Bonchev–Trinajstić information content (AvgIpc) is 3.21. The number of methoxy groups -OCH3 is 1. The molecule has 2 aliphatic rings. The number of hydrogen-bond donors (Lipinski definition) is 1. The minimum Gasteiger partial charge on any atom is -0.496 e. The smallest absolute Gasteiger partial charge is 0.122 e. The van der Waals surface area contributed by atoms with E-state index in [-0.39, 0.29) is 0 Å². The third kappa shape index (κ3) is 4.21. The van der Waals surface area contributed by atoms with E-state index in [1.165, 1.54) is 50.5 Å². The van der Waals surface area contributed by atoms with Crippen LogP contribution in [0.4, 0.5) is 0 Å². The molecular weight excluding hydrogens is 330 g/mol. The first-order valence-electron chi connectivity index (χ1n) is 10.7. The Hall–Kier alpha value is -1.80. The Kier molecular flexibility index (Phi) is 5.83. The van der Waals surface area contributed by atoms with Crippen molar-refractivity contribution >= 4 is 0 Å². The van der Waals surface area contributed by atoms with Crippen LogP contribution in [-0.4, -0.2) is 20.2 Å². The number of para-hydroxylation sites is 1. The second-order valence-corrected chi connectivity index (χ2v) is 8.48.